The van der Waals surface area contributed by atoms with E-state index in [2.05, 4.69) is 10.4 Å². The normalized spacial score (nSPS) is 11.7. The smallest absolute Gasteiger partial charge is 0.435 e. The Hall–Kier alpha value is -2.51. The number of halogens is 3. The van der Waals surface area contributed by atoms with Gasteiger partial charge in [-0.25, -0.2) is 4.68 Å². The van der Waals surface area contributed by atoms with E-state index in [-0.39, 0.29) is 23.2 Å². The van der Waals surface area contributed by atoms with Gasteiger partial charge in [0, 0.05) is 12.1 Å². The van der Waals surface area contributed by atoms with E-state index in [0.29, 0.717) is 0 Å². The summed E-state index contributed by atoms with van der Waals surface area (Å²) in [4.78, 5) is 12.1. The molecule has 1 aromatic heterocycles. The van der Waals surface area contributed by atoms with Crippen molar-refractivity contribution in [3.63, 3.8) is 0 Å². The molecule has 22 heavy (non-hydrogen) atoms. The molecule has 1 heterocycles. The SMILES string of the molecule is CC(C)n1nc(C(F)(F)F)cc1NC(=O)c1ccccc1O. The maximum absolute atomic E-state index is 12.7. The van der Waals surface area contributed by atoms with E-state index >= 15 is 0 Å². The summed E-state index contributed by atoms with van der Waals surface area (Å²) in [6.07, 6.45) is -4.60. The van der Waals surface area contributed by atoms with Crippen molar-refractivity contribution in [2.24, 2.45) is 0 Å². The summed E-state index contributed by atoms with van der Waals surface area (Å²) >= 11 is 0. The van der Waals surface area contributed by atoms with E-state index in [4.69, 9.17) is 0 Å². The minimum Gasteiger partial charge on any atom is -0.507 e. The van der Waals surface area contributed by atoms with Crippen molar-refractivity contribution in [3.8, 4) is 5.75 Å². The number of benzene rings is 1. The van der Waals surface area contributed by atoms with Crippen LogP contribution >= 0.6 is 0 Å². The molecule has 0 unspecified atom stereocenters. The second kappa shape index (κ2) is 5.70. The maximum Gasteiger partial charge on any atom is 0.435 e. The zero-order valence-electron chi connectivity index (χ0n) is 11.8. The maximum atomic E-state index is 12.7. The van der Waals surface area contributed by atoms with Gasteiger partial charge in [0.1, 0.15) is 11.6 Å². The summed E-state index contributed by atoms with van der Waals surface area (Å²) in [5.74, 6) is -1.06. The van der Waals surface area contributed by atoms with Crippen molar-refractivity contribution in [1.29, 1.82) is 0 Å². The van der Waals surface area contributed by atoms with Crippen LogP contribution in [0.15, 0.2) is 30.3 Å². The van der Waals surface area contributed by atoms with Gasteiger partial charge in [-0.3, -0.25) is 4.79 Å². The fraction of sp³-hybridized carbons (Fsp3) is 0.286. The molecule has 5 nitrogen and oxygen atoms in total. The highest BCUT2D eigenvalue weighted by Gasteiger charge is 2.35. The number of phenols is 1. The quantitative estimate of drug-likeness (QED) is 0.912. The summed E-state index contributed by atoms with van der Waals surface area (Å²) in [5, 5.41) is 15.4. The molecular formula is C14H14F3N3O2. The van der Waals surface area contributed by atoms with Crippen LogP contribution in [0.1, 0.15) is 35.9 Å². The molecule has 0 aliphatic carbocycles. The molecule has 1 aromatic carbocycles. The molecule has 8 heteroatoms. The van der Waals surface area contributed by atoms with Crippen LogP contribution < -0.4 is 5.32 Å². The van der Waals surface area contributed by atoms with Crippen LogP contribution in [0.2, 0.25) is 0 Å². The molecule has 0 saturated carbocycles. The van der Waals surface area contributed by atoms with Gasteiger partial charge in [-0.05, 0) is 26.0 Å². The lowest BCUT2D eigenvalue weighted by Crippen LogP contribution is -2.17. The second-order valence-corrected chi connectivity index (χ2v) is 4.92. The van der Waals surface area contributed by atoms with Crippen molar-refractivity contribution in [1.82, 2.24) is 9.78 Å². The molecule has 2 rings (SSSR count). The van der Waals surface area contributed by atoms with Crippen LogP contribution in [0.4, 0.5) is 19.0 Å². The number of para-hydroxylation sites is 1. The van der Waals surface area contributed by atoms with E-state index < -0.39 is 17.8 Å². The molecule has 0 saturated heterocycles. The highest BCUT2D eigenvalue weighted by molar-refractivity contribution is 6.05. The first-order valence-electron chi connectivity index (χ1n) is 6.46. The molecule has 0 aliphatic rings. The van der Waals surface area contributed by atoms with Gasteiger partial charge >= 0.3 is 6.18 Å². The number of carbonyl (C=O) groups excluding carboxylic acids is 1. The second-order valence-electron chi connectivity index (χ2n) is 4.92. The topological polar surface area (TPSA) is 67.2 Å². The largest absolute Gasteiger partial charge is 0.507 e. The Kier molecular flexibility index (Phi) is 4.11. The Bertz CT molecular complexity index is 693. The average Bonchev–Trinajstić information content (AvgIpc) is 2.83. The van der Waals surface area contributed by atoms with Gasteiger partial charge in [0.15, 0.2) is 5.69 Å². The van der Waals surface area contributed by atoms with E-state index in [1.165, 1.54) is 24.3 Å². The number of amides is 1. The van der Waals surface area contributed by atoms with Gasteiger partial charge < -0.3 is 10.4 Å². The lowest BCUT2D eigenvalue weighted by molar-refractivity contribution is -0.141. The van der Waals surface area contributed by atoms with E-state index in [1.807, 2.05) is 0 Å². The number of nitrogens with one attached hydrogen (secondary N) is 1. The van der Waals surface area contributed by atoms with Gasteiger partial charge in [-0.2, -0.15) is 18.3 Å². The van der Waals surface area contributed by atoms with Crippen molar-refractivity contribution in [3.05, 3.63) is 41.6 Å². The summed E-state index contributed by atoms with van der Waals surface area (Å²) in [5.41, 5.74) is -1.12. The van der Waals surface area contributed by atoms with E-state index in [1.54, 1.807) is 13.8 Å². The van der Waals surface area contributed by atoms with Crippen LogP contribution in [-0.4, -0.2) is 20.8 Å². The third kappa shape index (κ3) is 3.21. The predicted octanol–water partition coefficient (Wildman–Crippen LogP) is 3.44. The summed E-state index contributed by atoms with van der Waals surface area (Å²) in [6, 6.07) is 6.14. The van der Waals surface area contributed by atoms with Gasteiger partial charge in [-0.15, -0.1) is 0 Å². The summed E-state index contributed by atoms with van der Waals surface area (Å²) in [7, 11) is 0. The first kappa shape index (κ1) is 15.9. The molecule has 118 valence electrons. The molecule has 2 aromatic rings. The summed E-state index contributed by atoms with van der Waals surface area (Å²) in [6.45, 7) is 3.28. The lowest BCUT2D eigenvalue weighted by Gasteiger charge is -2.12. The fourth-order valence-electron chi connectivity index (χ4n) is 1.87. The molecule has 0 aliphatic heterocycles. The Morgan fingerprint density at radius 1 is 1.32 bits per heavy atom. The lowest BCUT2D eigenvalue weighted by atomic mass is 10.2. The molecule has 2 N–H and O–H groups in total. The third-order valence-electron chi connectivity index (χ3n) is 2.91. The number of anilines is 1. The van der Waals surface area contributed by atoms with E-state index in [9.17, 15) is 23.1 Å². The van der Waals surface area contributed by atoms with Gasteiger partial charge in [0.05, 0.1) is 5.56 Å². The van der Waals surface area contributed by atoms with E-state index in [0.717, 1.165) is 10.7 Å². The number of phenolic OH excluding ortho intramolecular Hbond substituents is 1. The van der Waals surface area contributed by atoms with Crippen LogP contribution in [0, 0.1) is 0 Å². The first-order chi connectivity index (χ1) is 10.2. The summed E-state index contributed by atoms with van der Waals surface area (Å²) < 4.78 is 39.3. The number of rotatable bonds is 3. The molecular weight excluding hydrogens is 299 g/mol. The van der Waals surface area contributed by atoms with Crippen LogP contribution in [0.5, 0.6) is 5.75 Å². The highest BCUT2D eigenvalue weighted by atomic mass is 19.4. The third-order valence-corrected chi connectivity index (χ3v) is 2.91. The van der Waals surface area contributed by atoms with Crippen LogP contribution in [0.25, 0.3) is 0 Å². The number of aromatic hydroxyl groups is 1. The number of carbonyl (C=O) groups is 1. The Morgan fingerprint density at radius 3 is 2.50 bits per heavy atom. The number of alkyl halides is 3. The molecule has 0 atom stereocenters. The monoisotopic (exact) mass is 313 g/mol. The van der Waals surface area contributed by atoms with Crippen LogP contribution in [0.3, 0.4) is 0 Å². The molecule has 0 fully saturated rings. The Labute approximate surface area is 124 Å². The zero-order valence-corrected chi connectivity index (χ0v) is 11.8. The fourth-order valence-corrected chi connectivity index (χ4v) is 1.87. The van der Waals surface area contributed by atoms with Crippen molar-refractivity contribution in [2.75, 3.05) is 5.32 Å². The minimum atomic E-state index is -4.60. The molecule has 0 radical (unpaired) electrons. The van der Waals surface area contributed by atoms with Crippen LogP contribution in [-0.2, 0) is 6.18 Å². The minimum absolute atomic E-state index is 0.0347. The molecule has 0 spiro atoms. The highest BCUT2D eigenvalue weighted by Crippen LogP contribution is 2.31. The average molecular weight is 313 g/mol. The predicted molar refractivity (Wildman–Crippen MR) is 73.7 cm³/mol. The Balaban J connectivity index is 2.35. The van der Waals surface area contributed by atoms with Crippen molar-refractivity contribution >= 4 is 11.7 Å². The number of nitrogens with zero attached hydrogens (tertiary/aromatic N) is 2. The van der Waals surface area contributed by atoms with Gasteiger partial charge in [0.2, 0.25) is 0 Å². The number of hydrogen-bond donors (Lipinski definition) is 2. The standard InChI is InChI=1S/C14H14F3N3O2/c1-8(2)20-12(7-11(19-20)14(15,16)17)18-13(22)9-5-3-4-6-10(9)21/h3-8,21H,1-2H3,(H,18,22). The molecule has 0 bridgehead atoms. The first-order valence-corrected chi connectivity index (χ1v) is 6.46. The van der Waals surface area contributed by atoms with Gasteiger partial charge in [-0.1, -0.05) is 12.1 Å². The van der Waals surface area contributed by atoms with Crippen molar-refractivity contribution < 1.29 is 23.1 Å². The van der Waals surface area contributed by atoms with Gasteiger partial charge in [0.25, 0.3) is 5.91 Å². The Morgan fingerprint density at radius 2 is 1.95 bits per heavy atom. The van der Waals surface area contributed by atoms with Crippen molar-refractivity contribution in [2.45, 2.75) is 26.1 Å². The number of hydrogen-bond acceptors (Lipinski definition) is 3. The zero-order chi connectivity index (χ0) is 16.5. The molecule has 1 amide bonds. The number of aromatic nitrogens is 2.